The van der Waals surface area contributed by atoms with Crippen molar-refractivity contribution in [2.24, 2.45) is 0 Å². The Kier molecular flexibility index (Phi) is 4.84. The number of thiophene rings is 1. The molecule has 0 unspecified atom stereocenters. The molecule has 0 spiro atoms. The van der Waals surface area contributed by atoms with Crippen molar-refractivity contribution in [2.45, 2.75) is 26.2 Å². The van der Waals surface area contributed by atoms with Gasteiger partial charge in [-0.3, -0.25) is 4.79 Å². The SMILES string of the molecule is CCc1ccc(CC(=O)CCOC)s1. The van der Waals surface area contributed by atoms with Crippen molar-refractivity contribution in [3.05, 3.63) is 21.9 Å². The summed E-state index contributed by atoms with van der Waals surface area (Å²) in [6.45, 7) is 2.66. The Labute approximate surface area is 88.9 Å². The van der Waals surface area contributed by atoms with E-state index in [-0.39, 0.29) is 5.78 Å². The molecule has 0 N–H and O–H groups in total. The molecule has 0 amide bonds. The molecule has 3 heteroatoms. The third-order valence-corrected chi connectivity index (χ3v) is 3.25. The average molecular weight is 212 g/mol. The normalized spacial score (nSPS) is 10.4. The molecule has 1 aromatic heterocycles. The number of ether oxygens (including phenoxy) is 1. The Morgan fingerprint density at radius 1 is 1.43 bits per heavy atom. The zero-order valence-corrected chi connectivity index (χ0v) is 9.52. The van der Waals surface area contributed by atoms with Crippen molar-refractivity contribution in [3.63, 3.8) is 0 Å². The summed E-state index contributed by atoms with van der Waals surface area (Å²) in [5.41, 5.74) is 0. The smallest absolute Gasteiger partial charge is 0.140 e. The van der Waals surface area contributed by atoms with Gasteiger partial charge in [-0.2, -0.15) is 0 Å². The number of Topliss-reactive ketones (excluding diaryl/α,β-unsaturated/α-hetero) is 1. The number of hydrogen-bond acceptors (Lipinski definition) is 3. The topological polar surface area (TPSA) is 26.3 Å². The standard InChI is InChI=1S/C11H16O2S/c1-3-10-4-5-11(14-10)8-9(12)6-7-13-2/h4-5H,3,6-8H2,1-2H3. The van der Waals surface area contributed by atoms with Crippen LogP contribution in [0.25, 0.3) is 0 Å². The summed E-state index contributed by atoms with van der Waals surface area (Å²) in [5, 5.41) is 0. The van der Waals surface area contributed by atoms with E-state index < -0.39 is 0 Å². The number of methoxy groups -OCH3 is 1. The van der Waals surface area contributed by atoms with Gasteiger partial charge in [0.1, 0.15) is 5.78 Å². The second-order valence-electron chi connectivity index (χ2n) is 3.18. The van der Waals surface area contributed by atoms with Gasteiger partial charge in [0.15, 0.2) is 0 Å². The van der Waals surface area contributed by atoms with Crippen LogP contribution in [0, 0.1) is 0 Å². The van der Waals surface area contributed by atoms with Gasteiger partial charge in [-0.25, -0.2) is 0 Å². The number of hydrogen-bond donors (Lipinski definition) is 0. The van der Waals surface area contributed by atoms with Crippen LogP contribution in [-0.4, -0.2) is 19.5 Å². The molecule has 0 aliphatic heterocycles. The highest BCUT2D eigenvalue weighted by atomic mass is 32.1. The van der Waals surface area contributed by atoms with Crippen LogP contribution in [-0.2, 0) is 22.4 Å². The first-order valence-corrected chi connectivity index (χ1v) is 5.66. The van der Waals surface area contributed by atoms with Crippen LogP contribution >= 0.6 is 11.3 Å². The van der Waals surface area contributed by atoms with Gasteiger partial charge in [0.2, 0.25) is 0 Å². The van der Waals surface area contributed by atoms with Gasteiger partial charge in [-0.15, -0.1) is 11.3 Å². The molecule has 0 bridgehead atoms. The van der Waals surface area contributed by atoms with Crippen LogP contribution in [0.1, 0.15) is 23.1 Å². The number of carbonyl (C=O) groups excluding carboxylic acids is 1. The van der Waals surface area contributed by atoms with Gasteiger partial charge < -0.3 is 4.74 Å². The number of carbonyl (C=O) groups is 1. The molecular weight excluding hydrogens is 196 g/mol. The van der Waals surface area contributed by atoms with Crippen molar-refractivity contribution in [2.75, 3.05) is 13.7 Å². The van der Waals surface area contributed by atoms with E-state index in [2.05, 4.69) is 13.0 Å². The monoisotopic (exact) mass is 212 g/mol. The van der Waals surface area contributed by atoms with Crippen LogP contribution in [0.15, 0.2) is 12.1 Å². The molecule has 0 saturated carbocycles. The first-order valence-electron chi connectivity index (χ1n) is 4.84. The first-order chi connectivity index (χ1) is 6.76. The van der Waals surface area contributed by atoms with Gasteiger partial charge in [0.05, 0.1) is 6.61 Å². The quantitative estimate of drug-likeness (QED) is 0.724. The third-order valence-electron chi connectivity index (χ3n) is 2.02. The van der Waals surface area contributed by atoms with E-state index in [0.29, 0.717) is 19.4 Å². The molecule has 78 valence electrons. The minimum atomic E-state index is 0.261. The van der Waals surface area contributed by atoms with E-state index >= 15 is 0 Å². The zero-order valence-electron chi connectivity index (χ0n) is 8.71. The molecule has 2 nitrogen and oxygen atoms in total. The minimum Gasteiger partial charge on any atom is -0.384 e. The van der Waals surface area contributed by atoms with Gasteiger partial charge in [-0.1, -0.05) is 6.92 Å². The Hall–Kier alpha value is -0.670. The highest BCUT2D eigenvalue weighted by Crippen LogP contribution is 2.17. The molecule has 0 radical (unpaired) electrons. The van der Waals surface area contributed by atoms with Crippen LogP contribution in [0.3, 0.4) is 0 Å². The van der Waals surface area contributed by atoms with Crippen LogP contribution in [0.2, 0.25) is 0 Å². The largest absolute Gasteiger partial charge is 0.384 e. The summed E-state index contributed by atoms with van der Waals surface area (Å²) < 4.78 is 4.86. The maximum Gasteiger partial charge on any atom is 0.140 e. The van der Waals surface area contributed by atoms with Gasteiger partial charge in [-0.05, 0) is 18.6 Å². The van der Waals surface area contributed by atoms with Crippen LogP contribution in [0.5, 0.6) is 0 Å². The Morgan fingerprint density at radius 3 is 2.71 bits per heavy atom. The van der Waals surface area contributed by atoms with Crippen LogP contribution in [0.4, 0.5) is 0 Å². The lowest BCUT2D eigenvalue weighted by Crippen LogP contribution is -2.04. The molecule has 0 saturated heterocycles. The molecule has 1 heterocycles. The summed E-state index contributed by atoms with van der Waals surface area (Å²) in [6, 6.07) is 4.15. The molecule has 0 fully saturated rings. The number of aryl methyl sites for hydroxylation is 1. The van der Waals surface area contributed by atoms with E-state index in [9.17, 15) is 4.79 Å². The summed E-state index contributed by atoms with van der Waals surface area (Å²) in [4.78, 5) is 13.9. The predicted octanol–water partition coefficient (Wildman–Crippen LogP) is 2.46. The van der Waals surface area contributed by atoms with Crippen molar-refractivity contribution < 1.29 is 9.53 Å². The lowest BCUT2D eigenvalue weighted by molar-refractivity contribution is -0.119. The molecule has 14 heavy (non-hydrogen) atoms. The molecule has 0 aliphatic carbocycles. The lowest BCUT2D eigenvalue weighted by atomic mass is 10.2. The molecule has 0 aromatic carbocycles. The van der Waals surface area contributed by atoms with E-state index in [0.717, 1.165) is 6.42 Å². The Bertz CT molecular complexity index is 291. The molecule has 1 rings (SSSR count). The Morgan fingerprint density at radius 2 is 2.14 bits per heavy atom. The maximum absolute atomic E-state index is 11.4. The van der Waals surface area contributed by atoms with Gasteiger partial charge >= 0.3 is 0 Å². The number of rotatable bonds is 6. The minimum absolute atomic E-state index is 0.261. The molecule has 1 aromatic rings. The fourth-order valence-corrected chi connectivity index (χ4v) is 2.19. The highest BCUT2D eigenvalue weighted by molar-refractivity contribution is 7.12. The first kappa shape index (κ1) is 11.4. The average Bonchev–Trinajstić information content (AvgIpc) is 2.62. The van der Waals surface area contributed by atoms with Gasteiger partial charge in [0, 0.05) is 29.7 Å². The molecule has 0 atom stereocenters. The van der Waals surface area contributed by atoms with Crippen molar-refractivity contribution in [1.82, 2.24) is 0 Å². The third kappa shape index (κ3) is 3.60. The second-order valence-corrected chi connectivity index (χ2v) is 4.43. The summed E-state index contributed by atoms with van der Waals surface area (Å²) in [7, 11) is 1.62. The van der Waals surface area contributed by atoms with E-state index in [1.807, 2.05) is 6.07 Å². The van der Waals surface area contributed by atoms with Gasteiger partial charge in [0.25, 0.3) is 0 Å². The van der Waals surface area contributed by atoms with E-state index in [4.69, 9.17) is 4.74 Å². The maximum atomic E-state index is 11.4. The summed E-state index contributed by atoms with van der Waals surface area (Å²) >= 11 is 1.73. The van der Waals surface area contributed by atoms with Crippen molar-refractivity contribution in [1.29, 1.82) is 0 Å². The summed E-state index contributed by atoms with van der Waals surface area (Å²) in [6.07, 6.45) is 2.14. The van der Waals surface area contributed by atoms with E-state index in [1.165, 1.54) is 9.75 Å². The predicted molar refractivity (Wildman–Crippen MR) is 58.9 cm³/mol. The van der Waals surface area contributed by atoms with Crippen molar-refractivity contribution >= 4 is 17.1 Å². The second kappa shape index (κ2) is 5.94. The fourth-order valence-electron chi connectivity index (χ4n) is 1.21. The van der Waals surface area contributed by atoms with E-state index in [1.54, 1.807) is 18.4 Å². The Balaban J connectivity index is 2.39. The molecular formula is C11H16O2S. The zero-order chi connectivity index (χ0) is 10.4. The van der Waals surface area contributed by atoms with Crippen molar-refractivity contribution in [3.8, 4) is 0 Å². The lowest BCUT2D eigenvalue weighted by Gasteiger charge is -1.97. The number of ketones is 1. The molecule has 0 aliphatic rings. The summed E-state index contributed by atoms with van der Waals surface area (Å²) in [5.74, 6) is 0.261. The fraction of sp³-hybridized carbons (Fsp3) is 0.545. The highest BCUT2D eigenvalue weighted by Gasteiger charge is 2.05. The van der Waals surface area contributed by atoms with Crippen LogP contribution < -0.4 is 0 Å².